The van der Waals surface area contributed by atoms with Crippen LogP contribution in [0.15, 0.2) is 24.4 Å². The quantitative estimate of drug-likeness (QED) is 0.271. The zero-order valence-corrected chi connectivity index (χ0v) is 17.9. The fourth-order valence-electron chi connectivity index (χ4n) is 3.28. The molecule has 24 heavy (non-hydrogen) atoms. The first kappa shape index (κ1) is 23.6. The van der Waals surface area contributed by atoms with Gasteiger partial charge in [-0.3, -0.25) is 4.98 Å². The van der Waals surface area contributed by atoms with Crippen molar-refractivity contribution in [2.75, 3.05) is 0 Å². The lowest BCUT2D eigenvalue weighted by molar-refractivity contribution is 0.524. The zero-order valence-electron chi connectivity index (χ0n) is 16.1. The highest BCUT2D eigenvalue weighted by Crippen LogP contribution is 2.20. The van der Waals surface area contributed by atoms with Crippen molar-refractivity contribution in [2.45, 2.75) is 110 Å². The lowest BCUT2D eigenvalue weighted by Crippen LogP contribution is -1.96. The van der Waals surface area contributed by atoms with Crippen LogP contribution in [-0.4, -0.2) is 4.98 Å². The summed E-state index contributed by atoms with van der Waals surface area (Å²) >= 11 is 0. The molecule has 2 heteroatoms. The summed E-state index contributed by atoms with van der Waals surface area (Å²) in [5.74, 6) is 0.615. The number of pyridine rings is 1. The molecule has 0 N–H and O–H groups in total. The second-order valence-corrected chi connectivity index (χ2v) is 7.19. The van der Waals surface area contributed by atoms with E-state index in [9.17, 15) is 0 Å². The van der Waals surface area contributed by atoms with Gasteiger partial charge in [0.25, 0.3) is 0 Å². The van der Waals surface area contributed by atoms with Crippen LogP contribution < -0.4 is 0 Å². The van der Waals surface area contributed by atoms with Crippen molar-refractivity contribution in [1.82, 2.24) is 4.98 Å². The molecule has 0 aliphatic rings. The zero-order chi connectivity index (χ0) is 16.6. The Bertz CT molecular complexity index is 352. The number of nitrogens with zero attached hydrogens (tertiary/aromatic N) is 1. The average Bonchev–Trinajstić information content (AvgIpc) is 2.59. The summed E-state index contributed by atoms with van der Waals surface area (Å²) < 4.78 is 0. The summed E-state index contributed by atoms with van der Waals surface area (Å²) in [6.07, 6.45) is 21.8. The fraction of sp³-hybridized carbons (Fsp3) is 0.773. The van der Waals surface area contributed by atoms with Crippen LogP contribution in [0.5, 0.6) is 0 Å². The minimum absolute atomic E-state index is 0. The molecule has 140 valence electrons. The van der Waals surface area contributed by atoms with Crippen molar-refractivity contribution in [1.29, 1.82) is 0 Å². The van der Waals surface area contributed by atoms with E-state index in [-0.39, 0.29) is 17.0 Å². The van der Waals surface area contributed by atoms with E-state index in [0.29, 0.717) is 5.92 Å². The van der Waals surface area contributed by atoms with E-state index in [0.717, 1.165) is 0 Å². The standard InChI is InChI=1S/C22H39N.BrH/c1-3-4-5-6-7-8-9-10-11-12-13-14-15-18-21(2)22-19-16-17-20-23-22;/h16-17,19-21H,3-15,18H2,1-2H3;1H. The molecular formula is C22H40BrN. The SMILES string of the molecule is Br.CCCCCCCCCCCCCCCC(C)c1ccccn1. The molecule has 0 aliphatic carbocycles. The molecule has 0 fully saturated rings. The highest BCUT2D eigenvalue weighted by atomic mass is 79.9. The van der Waals surface area contributed by atoms with Crippen LogP contribution >= 0.6 is 17.0 Å². The molecule has 0 saturated heterocycles. The van der Waals surface area contributed by atoms with Gasteiger partial charge in [-0.15, -0.1) is 17.0 Å². The van der Waals surface area contributed by atoms with Crippen LogP contribution in [0.2, 0.25) is 0 Å². The Hall–Kier alpha value is -0.370. The van der Waals surface area contributed by atoms with E-state index < -0.39 is 0 Å². The summed E-state index contributed by atoms with van der Waals surface area (Å²) in [6.45, 7) is 4.60. The molecule has 1 heterocycles. The van der Waals surface area contributed by atoms with E-state index >= 15 is 0 Å². The lowest BCUT2D eigenvalue weighted by atomic mass is 9.98. The van der Waals surface area contributed by atoms with Crippen molar-refractivity contribution in [3.05, 3.63) is 30.1 Å². The van der Waals surface area contributed by atoms with Gasteiger partial charge in [0.05, 0.1) is 0 Å². The second kappa shape index (κ2) is 17.5. The number of unbranched alkanes of at least 4 members (excludes halogenated alkanes) is 12. The fourth-order valence-corrected chi connectivity index (χ4v) is 3.28. The number of halogens is 1. The van der Waals surface area contributed by atoms with E-state index in [2.05, 4.69) is 31.0 Å². The van der Waals surface area contributed by atoms with Gasteiger partial charge in [-0.05, 0) is 24.5 Å². The Labute approximate surface area is 161 Å². The highest BCUT2D eigenvalue weighted by Gasteiger charge is 2.05. The van der Waals surface area contributed by atoms with Gasteiger partial charge in [0, 0.05) is 11.9 Å². The lowest BCUT2D eigenvalue weighted by Gasteiger charge is -2.10. The maximum Gasteiger partial charge on any atom is 0.0431 e. The monoisotopic (exact) mass is 397 g/mol. The largest absolute Gasteiger partial charge is 0.261 e. The topological polar surface area (TPSA) is 12.9 Å². The van der Waals surface area contributed by atoms with Crippen molar-refractivity contribution in [2.24, 2.45) is 0 Å². The smallest absolute Gasteiger partial charge is 0.0431 e. The molecule has 1 rings (SSSR count). The number of aromatic nitrogens is 1. The molecule has 0 saturated carbocycles. The number of hydrogen-bond acceptors (Lipinski definition) is 1. The van der Waals surface area contributed by atoms with Crippen LogP contribution in [-0.2, 0) is 0 Å². The number of rotatable bonds is 15. The predicted molar refractivity (Wildman–Crippen MR) is 113 cm³/mol. The van der Waals surface area contributed by atoms with Gasteiger partial charge in [-0.25, -0.2) is 0 Å². The molecule has 0 amide bonds. The predicted octanol–water partition coefficient (Wildman–Crippen LogP) is 8.24. The molecule has 1 atom stereocenters. The third kappa shape index (κ3) is 13.0. The summed E-state index contributed by atoms with van der Waals surface area (Å²) in [7, 11) is 0. The Morgan fingerprint density at radius 3 is 1.71 bits per heavy atom. The summed E-state index contributed by atoms with van der Waals surface area (Å²) in [5, 5.41) is 0. The van der Waals surface area contributed by atoms with Crippen LogP contribution in [0, 0.1) is 0 Å². The Balaban J connectivity index is 0.00000529. The molecule has 0 bridgehead atoms. The minimum atomic E-state index is 0. The molecule has 0 aromatic carbocycles. The van der Waals surface area contributed by atoms with Crippen LogP contribution in [0.1, 0.15) is 115 Å². The van der Waals surface area contributed by atoms with Crippen LogP contribution in [0.3, 0.4) is 0 Å². The molecule has 0 spiro atoms. The average molecular weight is 398 g/mol. The van der Waals surface area contributed by atoms with E-state index in [4.69, 9.17) is 0 Å². The normalized spacial score (nSPS) is 11.9. The first-order chi connectivity index (χ1) is 11.3. The number of hydrogen-bond donors (Lipinski definition) is 0. The van der Waals surface area contributed by atoms with Crippen molar-refractivity contribution in [3.63, 3.8) is 0 Å². The molecule has 0 radical (unpaired) electrons. The van der Waals surface area contributed by atoms with Gasteiger partial charge in [0.2, 0.25) is 0 Å². The molecule has 1 unspecified atom stereocenters. The molecule has 0 aliphatic heterocycles. The summed E-state index contributed by atoms with van der Waals surface area (Å²) in [4.78, 5) is 4.46. The third-order valence-corrected chi connectivity index (χ3v) is 4.93. The third-order valence-electron chi connectivity index (χ3n) is 4.93. The molecular weight excluding hydrogens is 358 g/mol. The van der Waals surface area contributed by atoms with Gasteiger partial charge in [0.1, 0.15) is 0 Å². The van der Waals surface area contributed by atoms with Crippen molar-refractivity contribution < 1.29 is 0 Å². The van der Waals surface area contributed by atoms with Gasteiger partial charge in [-0.1, -0.05) is 103 Å². The summed E-state index contributed by atoms with van der Waals surface area (Å²) in [6, 6.07) is 6.26. The second-order valence-electron chi connectivity index (χ2n) is 7.19. The molecule has 1 nitrogen and oxygen atoms in total. The van der Waals surface area contributed by atoms with E-state index in [1.807, 2.05) is 12.3 Å². The summed E-state index contributed by atoms with van der Waals surface area (Å²) in [5.41, 5.74) is 1.26. The van der Waals surface area contributed by atoms with Crippen LogP contribution in [0.4, 0.5) is 0 Å². The molecule has 1 aromatic heterocycles. The van der Waals surface area contributed by atoms with Gasteiger partial charge in [-0.2, -0.15) is 0 Å². The van der Waals surface area contributed by atoms with Gasteiger partial charge in [0.15, 0.2) is 0 Å². The maximum atomic E-state index is 4.46. The maximum absolute atomic E-state index is 4.46. The van der Waals surface area contributed by atoms with Gasteiger partial charge < -0.3 is 0 Å². The Kier molecular flexibility index (Phi) is 17.2. The highest BCUT2D eigenvalue weighted by molar-refractivity contribution is 8.93. The molecule has 1 aromatic rings. The Morgan fingerprint density at radius 2 is 1.25 bits per heavy atom. The Morgan fingerprint density at radius 1 is 0.750 bits per heavy atom. The van der Waals surface area contributed by atoms with E-state index in [1.165, 1.54) is 95.6 Å². The minimum Gasteiger partial charge on any atom is -0.261 e. The van der Waals surface area contributed by atoms with E-state index in [1.54, 1.807) is 0 Å². The van der Waals surface area contributed by atoms with Crippen molar-refractivity contribution in [3.8, 4) is 0 Å². The van der Waals surface area contributed by atoms with Crippen LogP contribution in [0.25, 0.3) is 0 Å². The first-order valence-corrected chi connectivity index (χ1v) is 10.3. The van der Waals surface area contributed by atoms with Crippen molar-refractivity contribution >= 4 is 17.0 Å². The van der Waals surface area contributed by atoms with Gasteiger partial charge >= 0.3 is 0 Å². The first-order valence-electron chi connectivity index (χ1n) is 10.3.